The van der Waals surface area contributed by atoms with Gasteiger partial charge in [-0.3, -0.25) is 24.0 Å². The summed E-state index contributed by atoms with van der Waals surface area (Å²) in [6.07, 6.45) is -1.06. The Bertz CT molecular complexity index is 652. The number of amides is 3. The third-order valence-electron chi connectivity index (χ3n) is 3.96. The van der Waals surface area contributed by atoms with E-state index in [0.29, 0.717) is 6.42 Å². The van der Waals surface area contributed by atoms with Crippen LogP contribution in [-0.2, 0) is 28.8 Å². The van der Waals surface area contributed by atoms with E-state index in [0.717, 1.165) is 0 Å². The molecule has 0 bridgehead atoms. The lowest BCUT2D eigenvalue weighted by molar-refractivity contribution is -0.144. The average Bonchev–Trinajstić information content (AvgIpc) is 2.61. The Morgan fingerprint density at radius 3 is 1.90 bits per heavy atom. The fourth-order valence-corrected chi connectivity index (χ4v) is 2.15. The Labute approximate surface area is 166 Å². The van der Waals surface area contributed by atoms with Gasteiger partial charge in [-0.15, -0.1) is 0 Å². The Kier molecular flexibility index (Phi) is 10.9. The molecule has 8 N–H and O–H groups in total. The van der Waals surface area contributed by atoms with Crippen molar-refractivity contribution in [2.45, 2.75) is 51.2 Å². The molecule has 0 radical (unpaired) electrons. The first-order valence-electron chi connectivity index (χ1n) is 8.68. The van der Waals surface area contributed by atoms with Crippen LogP contribution in [0.2, 0.25) is 0 Å². The third-order valence-corrected chi connectivity index (χ3v) is 3.96. The van der Waals surface area contributed by atoms with Crippen LogP contribution in [0.1, 0.15) is 33.1 Å². The van der Waals surface area contributed by atoms with Gasteiger partial charge in [-0.1, -0.05) is 20.3 Å². The Morgan fingerprint density at radius 1 is 0.897 bits per heavy atom. The lowest BCUT2D eigenvalue weighted by Gasteiger charge is -2.23. The number of hydrogen-bond donors (Lipinski definition) is 7. The van der Waals surface area contributed by atoms with Gasteiger partial charge < -0.3 is 37.0 Å². The van der Waals surface area contributed by atoms with Gasteiger partial charge in [-0.25, -0.2) is 4.79 Å². The van der Waals surface area contributed by atoms with Crippen molar-refractivity contribution in [1.82, 2.24) is 16.0 Å². The number of aliphatic carboxylic acids is 3. The van der Waals surface area contributed by atoms with Gasteiger partial charge in [0, 0.05) is 0 Å². The highest BCUT2D eigenvalue weighted by molar-refractivity contribution is 5.94. The average molecular weight is 418 g/mol. The van der Waals surface area contributed by atoms with Gasteiger partial charge in [0.05, 0.1) is 25.4 Å². The van der Waals surface area contributed by atoms with Crippen LogP contribution >= 0.6 is 0 Å². The van der Waals surface area contributed by atoms with Gasteiger partial charge in [0.25, 0.3) is 0 Å². The summed E-state index contributed by atoms with van der Waals surface area (Å²) >= 11 is 0. The smallest absolute Gasteiger partial charge is 0.326 e. The predicted molar refractivity (Wildman–Crippen MR) is 96.4 cm³/mol. The maximum Gasteiger partial charge on any atom is 0.326 e. The Hall–Kier alpha value is -3.22. The molecule has 0 fully saturated rings. The first-order chi connectivity index (χ1) is 13.4. The maximum atomic E-state index is 12.3. The molecule has 0 aromatic heterocycles. The zero-order valence-corrected chi connectivity index (χ0v) is 16.0. The molecule has 0 rings (SSSR count). The third kappa shape index (κ3) is 10.0. The standard InChI is InChI=1S/C16H26N4O9/c1-3-7(2)13(16(28)29)20-15(27)9(5-12(24)25)19-10(21)6-18-14(26)8(17)4-11(22)23/h7-9,13H,3-6,17H2,1-2H3,(H,18,26)(H,19,21)(H,20,27)(H,22,23)(H,24,25)(H,28,29). The molecule has 0 saturated carbocycles. The molecular weight excluding hydrogens is 392 g/mol. The van der Waals surface area contributed by atoms with Crippen LogP contribution in [0.3, 0.4) is 0 Å². The quantitative estimate of drug-likeness (QED) is 0.166. The minimum atomic E-state index is -1.59. The van der Waals surface area contributed by atoms with Gasteiger partial charge >= 0.3 is 17.9 Å². The van der Waals surface area contributed by atoms with E-state index in [2.05, 4.69) is 16.0 Å². The molecule has 4 unspecified atom stereocenters. The number of carbonyl (C=O) groups excluding carboxylic acids is 3. The van der Waals surface area contributed by atoms with Crippen molar-refractivity contribution >= 4 is 35.6 Å². The molecule has 0 saturated heterocycles. The van der Waals surface area contributed by atoms with Crippen molar-refractivity contribution in [3.05, 3.63) is 0 Å². The number of carbonyl (C=O) groups is 6. The molecular formula is C16H26N4O9. The topological polar surface area (TPSA) is 225 Å². The van der Waals surface area contributed by atoms with Gasteiger partial charge in [-0.05, 0) is 5.92 Å². The molecule has 4 atom stereocenters. The highest BCUT2D eigenvalue weighted by Gasteiger charge is 2.30. The summed E-state index contributed by atoms with van der Waals surface area (Å²) in [4.78, 5) is 68.6. The molecule has 0 heterocycles. The van der Waals surface area contributed by atoms with Gasteiger partial charge in [-0.2, -0.15) is 0 Å². The van der Waals surface area contributed by atoms with Crippen LogP contribution in [0.25, 0.3) is 0 Å². The molecule has 13 heteroatoms. The van der Waals surface area contributed by atoms with E-state index in [1.54, 1.807) is 13.8 Å². The molecule has 0 aliphatic carbocycles. The zero-order chi connectivity index (χ0) is 22.7. The zero-order valence-electron chi connectivity index (χ0n) is 16.0. The molecule has 29 heavy (non-hydrogen) atoms. The van der Waals surface area contributed by atoms with Crippen LogP contribution < -0.4 is 21.7 Å². The fourth-order valence-electron chi connectivity index (χ4n) is 2.15. The summed E-state index contributed by atoms with van der Waals surface area (Å²) in [5, 5.41) is 33.0. The number of carboxylic acids is 3. The van der Waals surface area contributed by atoms with Crippen LogP contribution in [0.15, 0.2) is 0 Å². The maximum absolute atomic E-state index is 12.3. The van der Waals surface area contributed by atoms with Crippen molar-refractivity contribution in [2.24, 2.45) is 11.7 Å². The molecule has 0 spiro atoms. The first-order valence-corrected chi connectivity index (χ1v) is 8.68. The monoisotopic (exact) mass is 418 g/mol. The number of nitrogens with one attached hydrogen (secondary N) is 3. The molecule has 0 aromatic carbocycles. The van der Waals surface area contributed by atoms with E-state index < -0.39 is 79.1 Å². The molecule has 3 amide bonds. The lowest BCUT2D eigenvalue weighted by atomic mass is 9.98. The largest absolute Gasteiger partial charge is 0.481 e. The highest BCUT2D eigenvalue weighted by Crippen LogP contribution is 2.08. The molecule has 13 nitrogen and oxygen atoms in total. The minimum Gasteiger partial charge on any atom is -0.481 e. The van der Waals surface area contributed by atoms with E-state index in [9.17, 15) is 33.9 Å². The number of rotatable bonds is 13. The minimum absolute atomic E-state index is 0.426. The number of hydrogen-bond acceptors (Lipinski definition) is 7. The van der Waals surface area contributed by atoms with Crippen LogP contribution in [-0.4, -0.2) is 75.6 Å². The first kappa shape index (κ1) is 25.8. The molecule has 0 aromatic rings. The van der Waals surface area contributed by atoms with Crippen molar-refractivity contribution < 1.29 is 44.1 Å². The van der Waals surface area contributed by atoms with Gasteiger partial charge in [0.2, 0.25) is 17.7 Å². The van der Waals surface area contributed by atoms with Crippen LogP contribution in [0.5, 0.6) is 0 Å². The predicted octanol–water partition coefficient (Wildman–Crippen LogP) is -2.52. The summed E-state index contributed by atoms with van der Waals surface area (Å²) in [5.74, 6) is -7.39. The van der Waals surface area contributed by atoms with Crippen molar-refractivity contribution in [3.8, 4) is 0 Å². The van der Waals surface area contributed by atoms with E-state index in [1.807, 2.05) is 0 Å². The number of nitrogens with two attached hydrogens (primary N) is 1. The van der Waals surface area contributed by atoms with Crippen molar-refractivity contribution in [2.75, 3.05) is 6.54 Å². The van der Waals surface area contributed by atoms with E-state index in [1.165, 1.54) is 0 Å². The van der Waals surface area contributed by atoms with E-state index >= 15 is 0 Å². The van der Waals surface area contributed by atoms with Crippen molar-refractivity contribution in [1.29, 1.82) is 0 Å². The molecule has 0 aliphatic heterocycles. The summed E-state index contributed by atoms with van der Waals surface area (Å²) < 4.78 is 0. The molecule has 0 aliphatic rings. The normalized spacial score (nSPS) is 14.6. The lowest BCUT2D eigenvalue weighted by Crippen LogP contribution is -2.55. The van der Waals surface area contributed by atoms with E-state index in [-0.39, 0.29) is 0 Å². The summed E-state index contributed by atoms with van der Waals surface area (Å²) in [7, 11) is 0. The molecule has 164 valence electrons. The van der Waals surface area contributed by atoms with Gasteiger partial charge in [0.15, 0.2) is 0 Å². The summed E-state index contributed by atoms with van der Waals surface area (Å²) in [5.41, 5.74) is 5.32. The fraction of sp³-hybridized carbons (Fsp3) is 0.625. The highest BCUT2D eigenvalue weighted by atomic mass is 16.4. The Morgan fingerprint density at radius 2 is 1.45 bits per heavy atom. The second-order valence-corrected chi connectivity index (χ2v) is 6.35. The summed E-state index contributed by atoms with van der Waals surface area (Å²) in [6.45, 7) is 2.60. The second kappa shape index (κ2) is 12.3. The van der Waals surface area contributed by atoms with Gasteiger partial charge in [0.1, 0.15) is 12.1 Å². The Balaban J connectivity index is 4.97. The second-order valence-electron chi connectivity index (χ2n) is 6.35. The van der Waals surface area contributed by atoms with Crippen LogP contribution in [0, 0.1) is 5.92 Å². The summed E-state index contributed by atoms with van der Waals surface area (Å²) in [6, 6.07) is -4.27. The van der Waals surface area contributed by atoms with Crippen molar-refractivity contribution in [3.63, 3.8) is 0 Å². The van der Waals surface area contributed by atoms with Crippen LogP contribution in [0.4, 0.5) is 0 Å². The van der Waals surface area contributed by atoms with E-state index in [4.69, 9.17) is 15.9 Å². The number of carboxylic acid groups (broad SMARTS) is 3. The SMILES string of the molecule is CCC(C)C(NC(=O)C(CC(=O)O)NC(=O)CNC(=O)C(N)CC(=O)O)C(=O)O.